The maximum Gasteiger partial charge on any atom is 0.416 e. The summed E-state index contributed by atoms with van der Waals surface area (Å²) in [6, 6.07) is 8.74. The summed E-state index contributed by atoms with van der Waals surface area (Å²) in [6.45, 7) is 0. The van der Waals surface area contributed by atoms with Crippen LogP contribution < -0.4 is 0 Å². The van der Waals surface area contributed by atoms with Gasteiger partial charge in [-0.1, -0.05) is 23.7 Å². The average molecular weight is 301 g/mol. The smallest absolute Gasteiger partial charge is 0.416 e. The molecule has 6 heteroatoms. The summed E-state index contributed by atoms with van der Waals surface area (Å²) in [4.78, 5) is 10.7. The molecule has 0 aliphatic rings. The lowest BCUT2D eigenvalue weighted by Crippen LogP contribution is -2.04. The minimum atomic E-state index is -4.49. The van der Waals surface area contributed by atoms with Crippen LogP contribution >= 0.6 is 11.6 Å². The van der Waals surface area contributed by atoms with E-state index < -0.39 is 17.7 Å². The summed E-state index contributed by atoms with van der Waals surface area (Å²) in [5.41, 5.74) is -0.0427. The second-order valence-corrected chi connectivity index (χ2v) is 4.55. The molecule has 0 spiro atoms. The lowest BCUT2D eigenvalue weighted by molar-refractivity contribution is -0.137. The summed E-state index contributed by atoms with van der Waals surface area (Å²) in [5.74, 6) is -1.10. The zero-order valence-electron chi connectivity index (χ0n) is 9.91. The summed E-state index contributed by atoms with van der Waals surface area (Å²) in [5, 5.41) is 8.74. The van der Waals surface area contributed by atoms with Gasteiger partial charge in [0.15, 0.2) is 0 Å². The molecule has 0 radical (unpaired) electrons. The van der Waals surface area contributed by atoms with Crippen LogP contribution in [0.1, 0.15) is 15.9 Å². The lowest BCUT2D eigenvalue weighted by Gasteiger charge is -2.10. The lowest BCUT2D eigenvalue weighted by atomic mass is 10.0. The first kappa shape index (κ1) is 14.4. The fourth-order valence-corrected chi connectivity index (χ4v) is 1.96. The third-order valence-electron chi connectivity index (χ3n) is 2.69. The van der Waals surface area contributed by atoms with E-state index >= 15 is 0 Å². The number of carboxylic acids is 1. The van der Waals surface area contributed by atoms with E-state index in [2.05, 4.69) is 0 Å². The van der Waals surface area contributed by atoms with Gasteiger partial charge in [0.1, 0.15) is 0 Å². The minimum absolute atomic E-state index is 0.0304. The van der Waals surface area contributed by atoms with Gasteiger partial charge in [-0.3, -0.25) is 0 Å². The van der Waals surface area contributed by atoms with Gasteiger partial charge in [0.25, 0.3) is 0 Å². The summed E-state index contributed by atoms with van der Waals surface area (Å²) in [6.07, 6.45) is -4.49. The highest BCUT2D eigenvalue weighted by molar-refractivity contribution is 6.31. The average Bonchev–Trinajstić information content (AvgIpc) is 2.37. The van der Waals surface area contributed by atoms with E-state index in [9.17, 15) is 18.0 Å². The molecule has 0 fully saturated rings. The van der Waals surface area contributed by atoms with E-state index in [1.54, 1.807) is 0 Å². The molecule has 0 aromatic heterocycles. The molecule has 0 bridgehead atoms. The Balaban J connectivity index is 2.47. The second kappa shape index (κ2) is 5.17. The molecule has 2 rings (SSSR count). The highest BCUT2D eigenvalue weighted by Crippen LogP contribution is 2.34. The normalized spacial score (nSPS) is 11.4. The van der Waals surface area contributed by atoms with Crippen molar-refractivity contribution in [2.24, 2.45) is 0 Å². The topological polar surface area (TPSA) is 37.3 Å². The Bertz CT molecular complexity index is 648. The van der Waals surface area contributed by atoms with Crippen molar-refractivity contribution in [2.75, 3.05) is 0 Å². The predicted octanol–water partition coefficient (Wildman–Crippen LogP) is 4.72. The Hall–Kier alpha value is -2.01. The molecule has 0 saturated carbocycles. The van der Waals surface area contributed by atoms with E-state index in [0.717, 1.165) is 12.1 Å². The number of aromatic carboxylic acids is 1. The van der Waals surface area contributed by atoms with E-state index in [1.807, 2.05) is 0 Å². The molecule has 0 atom stereocenters. The summed E-state index contributed by atoms with van der Waals surface area (Å²) >= 11 is 5.69. The maximum absolute atomic E-state index is 12.7. The molecule has 2 aromatic rings. The first-order chi connectivity index (χ1) is 9.27. The molecule has 0 saturated heterocycles. The third-order valence-corrected chi connectivity index (χ3v) is 2.91. The van der Waals surface area contributed by atoms with E-state index in [1.165, 1.54) is 30.3 Å². The van der Waals surface area contributed by atoms with Crippen molar-refractivity contribution in [3.8, 4) is 11.1 Å². The highest BCUT2D eigenvalue weighted by Gasteiger charge is 2.31. The van der Waals surface area contributed by atoms with Crippen LogP contribution in [0.25, 0.3) is 11.1 Å². The van der Waals surface area contributed by atoms with Crippen LogP contribution in [0.5, 0.6) is 0 Å². The molecule has 0 amide bonds. The molecule has 0 aliphatic carbocycles. The standard InChI is InChI=1S/C14H8ClF3O2/c15-12-6-10(5-11(7-12)14(16,17)18)8-1-3-9(4-2-8)13(19)20/h1-7H,(H,19,20). The van der Waals surface area contributed by atoms with Gasteiger partial charge in [0.05, 0.1) is 11.1 Å². The van der Waals surface area contributed by atoms with Crippen molar-refractivity contribution in [2.45, 2.75) is 6.18 Å². The number of hydrogen-bond acceptors (Lipinski definition) is 1. The van der Waals surface area contributed by atoms with Crippen molar-refractivity contribution in [3.05, 3.63) is 58.6 Å². The van der Waals surface area contributed by atoms with Crippen molar-refractivity contribution in [3.63, 3.8) is 0 Å². The van der Waals surface area contributed by atoms with Crippen molar-refractivity contribution < 1.29 is 23.1 Å². The quantitative estimate of drug-likeness (QED) is 0.871. The van der Waals surface area contributed by atoms with Gasteiger partial charge in [-0.15, -0.1) is 0 Å². The fraction of sp³-hybridized carbons (Fsp3) is 0.0714. The van der Waals surface area contributed by atoms with Gasteiger partial charge in [0.2, 0.25) is 0 Å². The molecule has 0 unspecified atom stereocenters. The van der Waals surface area contributed by atoms with Crippen LogP contribution in [-0.4, -0.2) is 11.1 Å². The van der Waals surface area contributed by atoms with Gasteiger partial charge in [-0.2, -0.15) is 13.2 Å². The van der Waals surface area contributed by atoms with E-state index in [-0.39, 0.29) is 16.1 Å². The first-order valence-electron chi connectivity index (χ1n) is 5.49. The Labute approximate surface area is 117 Å². The van der Waals surface area contributed by atoms with Gasteiger partial charge in [-0.05, 0) is 41.5 Å². The van der Waals surface area contributed by atoms with Crippen molar-refractivity contribution >= 4 is 17.6 Å². The zero-order chi connectivity index (χ0) is 14.9. The summed E-state index contributed by atoms with van der Waals surface area (Å²) < 4.78 is 38.1. The van der Waals surface area contributed by atoms with Gasteiger partial charge >= 0.3 is 12.1 Å². The zero-order valence-corrected chi connectivity index (χ0v) is 10.7. The first-order valence-corrected chi connectivity index (χ1v) is 5.87. The third kappa shape index (κ3) is 3.11. The number of halogens is 4. The van der Waals surface area contributed by atoms with Crippen molar-refractivity contribution in [1.82, 2.24) is 0 Å². The number of benzene rings is 2. The van der Waals surface area contributed by atoms with Crippen LogP contribution in [0.15, 0.2) is 42.5 Å². The van der Waals surface area contributed by atoms with Gasteiger partial charge in [0, 0.05) is 5.02 Å². The Morgan fingerprint density at radius 3 is 2.10 bits per heavy atom. The summed E-state index contributed by atoms with van der Waals surface area (Å²) in [7, 11) is 0. The molecule has 0 aliphatic heterocycles. The monoisotopic (exact) mass is 300 g/mol. The number of hydrogen-bond donors (Lipinski definition) is 1. The second-order valence-electron chi connectivity index (χ2n) is 4.11. The van der Waals surface area contributed by atoms with Crippen LogP contribution in [0.4, 0.5) is 13.2 Å². The Kier molecular flexibility index (Phi) is 3.72. The molecule has 1 N–H and O–H groups in total. The fourth-order valence-electron chi connectivity index (χ4n) is 1.73. The van der Waals surface area contributed by atoms with E-state index in [0.29, 0.717) is 5.56 Å². The maximum atomic E-state index is 12.7. The molecular formula is C14H8ClF3O2. The minimum Gasteiger partial charge on any atom is -0.478 e. The Morgan fingerprint density at radius 1 is 1.00 bits per heavy atom. The van der Waals surface area contributed by atoms with Crippen LogP contribution in [0.3, 0.4) is 0 Å². The molecular weight excluding hydrogens is 293 g/mol. The Morgan fingerprint density at radius 2 is 1.60 bits per heavy atom. The van der Waals surface area contributed by atoms with E-state index in [4.69, 9.17) is 16.7 Å². The van der Waals surface area contributed by atoms with Gasteiger partial charge < -0.3 is 5.11 Å². The van der Waals surface area contributed by atoms with Crippen LogP contribution in [0, 0.1) is 0 Å². The van der Waals surface area contributed by atoms with Crippen LogP contribution in [0.2, 0.25) is 5.02 Å². The molecule has 2 nitrogen and oxygen atoms in total. The largest absolute Gasteiger partial charge is 0.478 e. The highest BCUT2D eigenvalue weighted by atomic mass is 35.5. The predicted molar refractivity (Wildman–Crippen MR) is 68.8 cm³/mol. The van der Waals surface area contributed by atoms with Crippen molar-refractivity contribution in [1.29, 1.82) is 0 Å². The molecule has 104 valence electrons. The number of carbonyl (C=O) groups is 1. The van der Waals surface area contributed by atoms with Gasteiger partial charge in [-0.25, -0.2) is 4.79 Å². The SMILES string of the molecule is O=C(O)c1ccc(-c2cc(Cl)cc(C(F)(F)F)c2)cc1. The number of carboxylic acid groups (broad SMARTS) is 1. The number of rotatable bonds is 2. The molecule has 0 heterocycles. The molecule has 20 heavy (non-hydrogen) atoms. The molecule has 2 aromatic carbocycles. The number of alkyl halides is 3. The van der Waals surface area contributed by atoms with Crippen LogP contribution in [-0.2, 0) is 6.18 Å².